The molecule has 0 radical (unpaired) electrons. The van der Waals surface area contributed by atoms with Gasteiger partial charge in [-0.05, 0) is 30.6 Å². The predicted octanol–water partition coefficient (Wildman–Crippen LogP) is 4.65. The Balaban J connectivity index is 2.54. The quantitative estimate of drug-likeness (QED) is 0.245. The molecule has 2 rings (SSSR count). The number of hydrogen-bond acceptors (Lipinski definition) is 5. The Hall–Kier alpha value is -1.84. The van der Waals surface area contributed by atoms with Crippen LogP contribution in [0.4, 0.5) is 0 Å². The van der Waals surface area contributed by atoms with Gasteiger partial charge in [-0.3, -0.25) is 14.3 Å². The molecule has 2 aromatic rings. The Morgan fingerprint density at radius 2 is 1.79 bits per heavy atom. The fourth-order valence-electron chi connectivity index (χ4n) is 2.84. The van der Waals surface area contributed by atoms with Gasteiger partial charge in [-0.2, -0.15) is 0 Å². The Morgan fingerprint density at radius 1 is 1.15 bits per heavy atom. The second-order valence-electron chi connectivity index (χ2n) is 10.5. The second-order valence-corrected chi connectivity index (χ2v) is 18.6. The van der Waals surface area contributed by atoms with Gasteiger partial charge in [0.2, 0.25) is 0 Å². The molecular formula is C24H36N2O4SSi2. The van der Waals surface area contributed by atoms with E-state index in [1.54, 1.807) is 0 Å². The maximum absolute atomic E-state index is 12.9. The van der Waals surface area contributed by atoms with Crippen LogP contribution >= 0.6 is 11.8 Å². The number of hydrogen-bond donors (Lipinski definition) is 1. The normalized spacial score (nSPS) is 13.0. The van der Waals surface area contributed by atoms with E-state index in [9.17, 15) is 9.59 Å². The molecule has 9 heteroatoms. The Morgan fingerprint density at radius 3 is 2.33 bits per heavy atom. The van der Waals surface area contributed by atoms with Crippen LogP contribution in [0.15, 0.2) is 49.8 Å². The maximum Gasteiger partial charge on any atom is 0.331 e. The van der Waals surface area contributed by atoms with E-state index in [-0.39, 0.29) is 12.1 Å². The van der Waals surface area contributed by atoms with Crippen LogP contribution < -0.4 is 11.2 Å². The smallest absolute Gasteiger partial charge is 0.331 e. The monoisotopic (exact) mass is 504 g/mol. The van der Waals surface area contributed by atoms with E-state index in [4.69, 9.17) is 9.16 Å². The molecule has 0 aliphatic rings. The highest BCUT2D eigenvalue weighted by molar-refractivity contribution is 7.99. The largest absolute Gasteiger partial charge is 0.396 e. The lowest BCUT2D eigenvalue weighted by molar-refractivity contribution is -0.129. The summed E-state index contributed by atoms with van der Waals surface area (Å²) in [5.74, 6) is 3.07. The van der Waals surface area contributed by atoms with E-state index < -0.39 is 34.7 Å². The first-order valence-electron chi connectivity index (χ1n) is 11.2. The van der Waals surface area contributed by atoms with Gasteiger partial charge >= 0.3 is 5.69 Å². The zero-order chi connectivity index (χ0) is 24.8. The van der Waals surface area contributed by atoms with Crippen molar-refractivity contribution in [1.29, 1.82) is 0 Å². The molecule has 0 aliphatic heterocycles. The van der Waals surface area contributed by atoms with Crippen molar-refractivity contribution >= 4 is 28.9 Å². The van der Waals surface area contributed by atoms with E-state index >= 15 is 0 Å². The molecule has 1 unspecified atom stereocenters. The lowest BCUT2D eigenvalue weighted by Crippen LogP contribution is -2.36. The van der Waals surface area contributed by atoms with Crippen molar-refractivity contribution in [2.75, 3.05) is 0 Å². The van der Waals surface area contributed by atoms with E-state index in [1.165, 1.54) is 16.3 Å². The third kappa shape index (κ3) is 9.51. The van der Waals surface area contributed by atoms with Crippen molar-refractivity contribution in [1.82, 2.24) is 9.55 Å². The van der Waals surface area contributed by atoms with E-state index in [0.29, 0.717) is 17.0 Å². The molecule has 0 spiro atoms. The third-order valence-electron chi connectivity index (χ3n) is 4.26. The van der Waals surface area contributed by atoms with Crippen LogP contribution in [0.5, 0.6) is 0 Å². The predicted molar refractivity (Wildman–Crippen MR) is 141 cm³/mol. The minimum absolute atomic E-state index is 0.000486. The van der Waals surface area contributed by atoms with Gasteiger partial charge in [-0.1, -0.05) is 76.3 Å². The summed E-state index contributed by atoms with van der Waals surface area (Å²) in [6, 6.07) is 9.64. The van der Waals surface area contributed by atoms with E-state index in [2.05, 4.69) is 70.0 Å². The lowest BCUT2D eigenvalue weighted by atomic mass is 9.92. The molecular weight excluding hydrogens is 469 g/mol. The first-order chi connectivity index (χ1) is 15.2. The van der Waals surface area contributed by atoms with Gasteiger partial charge in [0.1, 0.15) is 31.7 Å². The number of rotatable bonds is 8. The molecule has 1 atom stereocenters. The fourth-order valence-corrected chi connectivity index (χ4v) is 5.13. The summed E-state index contributed by atoms with van der Waals surface area (Å²) in [6.45, 7) is 16.9. The van der Waals surface area contributed by atoms with Gasteiger partial charge in [-0.25, -0.2) is 4.79 Å². The molecule has 0 saturated carbocycles. The zero-order valence-electron chi connectivity index (χ0n) is 20.9. The van der Waals surface area contributed by atoms with Crippen LogP contribution in [0, 0.1) is 16.9 Å². The lowest BCUT2D eigenvalue weighted by Gasteiger charge is -2.28. The van der Waals surface area contributed by atoms with Crippen molar-refractivity contribution in [2.24, 2.45) is 5.41 Å². The van der Waals surface area contributed by atoms with Crippen LogP contribution in [-0.2, 0) is 15.9 Å². The zero-order valence-corrected chi connectivity index (χ0v) is 23.9. The highest BCUT2D eigenvalue weighted by atomic mass is 32.2. The molecule has 0 aliphatic carbocycles. The molecule has 1 aromatic carbocycles. The van der Waals surface area contributed by atoms with Crippen LogP contribution in [0.25, 0.3) is 0 Å². The summed E-state index contributed by atoms with van der Waals surface area (Å²) in [6.07, 6.45) is 0.265. The first kappa shape index (κ1) is 27.4. The number of nitrogens with zero attached hydrogens (tertiary/aromatic N) is 1. The van der Waals surface area contributed by atoms with Gasteiger partial charge in [0.25, 0.3) is 5.56 Å². The van der Waals surface area contributed by atoms with Gasteiger partial charge < -0.3 is 9.16 Å². The van der Waals surface area contributed by atoms with Crippen molar-refractivity contribution in [2.45, 2.75) is 82.9 Å². The SMILES string of the molecule is C[SiH](C)OC(CC(C)(C)C)OCn1c(Sc2ccccc2)c(C#C[Si](C)(C)C)c(=O)[nH]c1=O. The molecule has 0 fully saturated rings. The first-order valence-corrected chi connectivity index (χ1v) is 18.3. The molecule has 0 bridgehead atoms. The summed E-state index contributed by atoms with van der Waals surface area (Å²) < 4.78 is 13.7. The number of H-pyrrole nitrogens is 1. The van der Waals surface area contributed by atoms with Crippen LogP contribution in [0.3, 0.4) is 0 Å². The Labute approximate surface area is 203 Å². The number of ether oxygens (including phenoxy) is 1. The molecule has 1 heterocycles. The highest BCUT2D eigenvalue weighted by Crippen LogP contribution is 2.29. The van der Waals surface area contributed by atoms with Gasteiger partial charge in [0, 0.05) is 11.3 Å². The van der Waals surface area contributed by atoms with Gasteiger partial charge in [-0.15, -0.1) is 5.54 Å². The minimum Gasteiger partial charge on any atom is -0.396 e. The van der Waals surface area contributed by atoms with Crippen LogP contribution in [0.2, 0.25) is 32.7 Å². The topological polar surface area (TPSA) is 73.3 Å². The Bertz CT molecular complexity index is 1100. The number of aromatic nitrogens is 2. The van der Waals surface area contributed by atoms with Crippen molar-refractivity contribution < 1.29 is 9.16 Å². The average molecular weight is 505 g/mol. The summed E-state index contributed by atoms with van der Waals surface area (Å²) in [5, 5.41) is 0.483. The fraction of sp³-hybridized carbons (Fsp3) is 0.500. The maximum atomic E-state index is 12.9. The molecule has 1 N–H and O–H groups in total. The molecule has 0 saturated heterocycles. The van der Waals surface area contributed by atoms with Gasteiger partial charge in [0.05, 0.1) is 0 Å². The molecule has 6 nitrogen and oxygen atoms in total. The standard InChI is InChI=1S/C24H36N2O4SSi2/c1-24(2,3)16-20(30-32(4)5)29-17-26-22(31-18-12-10-9-11-13-18)19(14-15-33(6,7)8)21(27)25-23(26)28/h9-13,20,32H,16-17H2,1-8H3,(H,25,27,28). The summed E-state index contributed by atoms with van der Waals surface area (Å²) >= 11 is 1.34. The Kier molecular flexibility index (Phi) is 9.58. The van der Waals surface area contributed by atoms with Crippen molar-refractivity contribution in [3.63, 3.8) is 0 Å². The number of aromatic amines is 1. The summed E-state index contributed by atoms with van der Waals surface area (Å²) in [4.78, 5) is 29.0. The van der Waals surface area contributed by atoms with Gasteiger partial charge in [0.15, 0.2) is 9.04 Å². The van der Waals surface area contributed by atoms with Crippen molar-refractivity contribution in [3.8, 4) is 11.5 Å². The third-order valence-corrected chi connectivity index (χ3v) is 7.11. The molecule has 1 aromatic heterocycles. The second kappa shape index (κ2) is 11.5. The highest BCUT2D eigenvalue weighted by Gasteiger charge is 2.23. The van der Waals surface area contributed by atoms with Crippen molar-refractivity contribution in [3.05, 3.63) is 56.7 Å². The van der Waals surface area contributed by atoms with E-state index in [1.807, 2.05) is 30.3 Å². The van der Waals surface area contributed by atoms with E-state index in [0.717, 1.165) is 4.90 Å². The minimum atomic E-state index is -1.75. The molecule has 0 amide bonds. The molecule has 33 heavy (non-hydrogen) atoms. The molecule has 180 valence electrons. The van der Waals surface area contributed by atoms with Crippen LogP contribution in [-0.4, -0.2) is 33.0 Å². The number of nitrogens with one attached hydrogen (secondary N) is 1. The number of benzene rings is 1. The van der Waals surface area contributed by atoms with Crippen LogP contribution in [0.1, 0.15) is 32.8 Å². The summed E-state index contributed by atoms with van der Waals surface area (Å²) in [5.41, 5.74) is 2.55. The summed E-state index contributed by atoms with van der Waals surface area (Å²) in [7, 11) is -3.11. The average Bonchev–Trinajstić information content (AvgIpc) is 2.65.